The molecule has 10 nitrogen and oxygen atoms in total. The molecule has 4 rings (SSSR count). The van der Waals surface area contributed by atoms with Gasteiger partial charge in [-0.3, -0.25) is 0 Å². The van der Waals surface area contributed by atoms with Crippen molar-refractivity contribution in [2.75, 3.05) is 74.9 Å². The number of anilines is 3. The number of hydrogen-bond donors (Lipinski definition) is 1. The summed E-state index contributed by atoms with van der Waals surface area (Å²) in [4.78, 5) is 18.0. The molecular formula is C19H25N7O3. The van der Waals surface area contributed by atoms with Gasteiger partial charge in [-0.1, -0.05) is 12.1 Å². The SMILES string of the molecule is COc1ccccc1C=NNc1nc(N2CCOCC2)nc(N2CCOCC2)n1. The lowest BCUT2D eigenvalue weighted by Crippen LogP contribution is -2.40. The number of ether oxygens (including phenoxy) is 3. The molecule has 1 aromatic heterocycles. The summed E-state index contributed by atoms with van der Waals surface area (Å²) in [6.45, 7) is 5.63. The molecule has 1 aromatic carbocycles. The normalized spacial score (nSPS) is 17.6. The van der Waals surface area contributed by atoms with E-state index in [0.29, 0.717) is 44.3 Å². The summed E-state index contributed by atoms with van der Waals surface area (Å²) >= 11 is 0. The van der Waals surface area contributed by atoms with E-state index in [1.807, 2.05) is 24.3 Å². The summed E-state index contributed by atoms with van der Waals surface area (Å²) < 4.78 is 16.2. The van der Waals surface area contributed by atoms with Crippen LogP contribution in [0.4, 0.5) is 17.8 Å². The Morgan fingerprint density at radius 2 is 1.52 bits per heavy atom. The molecule has 0 spiro atoms. The van der Waals surface area contributed by atoms with Gasteiger partial charge in [0.1, 0.15) is 5.75 Å². The van der Waals surface area contributed by atoms with Crippen molar-refractivity contribution in [2.24, 2.45) is 5.10 Å². The first-order valence-corrected chi connectivity index (χ1v) is 9.67. The summed E-state index contributed by atoms with van der Waals surface area (Å²) in [5.41, 5.74) is 3.80. The fraction of sp³-hybridized carbons (Fsp3) is 0.474. The standard InChI is InChI=1S/C19H25N7O3/c1-27-16-5-3-2-4-15(16)14-20-24-17-21-18(25-6-10-28-11-7-25)23-19(22-17)26-8-12-29-13-9-26/h2-5,14H,6-13H2,1H3,(H,21,22,23,24). The number of para-hydroxylation sites is 1. The fourth-order valence-corrected chi connectivity index (χ4v) is 3.15. The summed E-state index contributed by atoms with van der Waals surface area (Å²) in [6, 6.07) is 7.66. The van der Waals surface area contributed by atoms with Gasteiger partial charge in [-0.15, -0.1) is 0 Å². The van der Waals surface area contributed by atoms with Gasteiger partial charge >= 0.3 is 0 Å². The highest BCUT2D eigenvalue weighted by Crippen LogP contribution is 2.19. The van der Waals surface area contributed by atoms with Crippen LogP contribution < -0.4 is 20.0 Å². The molecule has 0 bridgehead atoms. The summed E-state index contributed by atoms with van der Waals surface area (Å²) in [6.07, 6.45) is 1.69. The van der Waals surface area contributed by atoms with Gasteiger partial charge in [-0.05, 0) is 12.1 Å². The Labute approximate surface area is 169 Å². The zero-order chi connectivity index (χ0) is 19.9. The first-order valence-electron chi connectivity index (χ1n) is 9.67. The van der Waals surface area contributed by atoms with Crippen LogP contribution in [-0.4, -0.2) is 80.9 Å². The van der Waals surface area contributed by atoms with Crippen molar-refractivity contribution in [2.45, 2.75) is 0 Å². The number of hydrogen-bond acceptors (Lipinski definition) is 10. The molecule has 2 aromatic rings. The van der Waals surface area contributed by atoms with Crippen LogP contribution in [0.5, 0.6) is 5.75 Å². The molecule has 0 saturated carbocycles. The van der Waals surface area contributed by atoms with Gasteiger partial charge in [0.15, 0.2) is 0 Å². The maximum absolute atomic E-state index is 5.44. The van der Waals surface area contributed by atoms with E-state index in [9.17, 15) is 0 Å². The minimum Gasteiger partial charge on any atom is -0.496 e. The van der Waals surface area contributed by atoms with Crippen LogP contribution in [0.25, 0.3) is 0 Å². The van der Waals surface area contributed by atoms with Crippen molar-refractivity contribution in [3.63, 3.8) is 0 Å². The zero-order valence-corrected chi connectivity index (χ0v) is 16.5. The molecule has 0 unspecified atom stereocenters. The third-order valence-electron chi connectivity index (χ3n) is 4.71. The number of nitrogens with zero attached hydrogens (tertiary/aromatic N) is 6. The molecule has 2 fully saturated rings. The second kappa shape index (κ2) is 9.48. The van der Waals surface area contributed by atoms with Crippen LogP contribution in [-0.2, 0) is 9.47 Å². The number of hydrazone groups is 1. The number of nitrogens with one attached hydrogen (secondary N) is 1. The molecule has 0 aliphatic carbocycles. The Morgan fingerprint density at radius 3 is 2.10 bits per heavy atom. The highest BCUT2D eigenvalue weighted by Gasteiger charge is 2.20. The molecule has 0 amide bonds. The number of methoxy groups -OCH3 is 1. The molecule has 10 heteroatoms. The molecule has 0 atom stereocenters. The first kappa shape index (κ1) is 19.3. The van der Waals surface area contributed by atoms with Crippen molar-refractivity contribution < 1.29 is 14.2 Å². The van der Waals surface area contributed by atoms with Crippen molar-refractivity contribution in [1.82, 2.24) is 15.0 Å². The lowest BCUT2D eigenvalue weighted by molar-refractivity contribution is 0.121. The van der Waals surface area contributed by atoms with Crippen LogP contribution in [0.3, 0.4) is 0 Å². The van der Waals surface area contributed by atoms with E-state index in [1.165, 1.54) is 0 Å². The van der Waals surface area contributed by atoms with Crippen molar-refractivity contribution in [1.29, 1.82) is 0 Å². The first-order chi connectivity index (χ1) is 14.3. The van der Waals surface area contributed by atoms with Crippen molar-refractivity contribution in [3.8, 4) is 5.75 Å². The topological polar surface area (TPSA) is 97.2 Å². The molecule has 0 radical (unpaired) electrons. The highest BCUT2D eigenvalue weighted by atomic mass is 16.5. The lowest BCUT2D eigenvalue weighted by Gasteiger charge is -2.30. The summed E-state index contributed by atoms with van der Waals surface area (Å²) in [5, 5.41) is 4.30. The molecule has 1 N–H and O–H groups in total. The predicted octanol–water partition coefficient (Wildman–Crippen LogP) is 0.999. The largest absolute Gasteiger partial charge is 0.496 e. The molecule has 154 valence electrons. The van der Waals surface area contributed by atoms with Gasteiger partial charge in [-0.2, -0.15) is 20.1 Å². The van der Waals surface area contributed by atoms with Crippen molar-refractivity contribution >= 4 is 24.1 Å². The van der Waals surface area contributed by atoms with E-state index in [4.69, 9.17) is 14.2 Å². The smallest absolute Gasteiger partial charge is 0.250 e. The van der Waals surface area contributed by atoms with Gasteiger partial charge < -0.3 is 24.0 Å². The van der Waals surface area contributed by atoms with Gasteiger partial charge in [0.05, 0.1) is 39.8 Å². The Kier molecular flexibility index (Phi) is 6.32. The van der Waals surface area contributed by atoms with Crippen LogP contribution in [0.2, 0.25) is 0 Å². The second-order valence-corrected chi connectivity index (χ2v) is 6.57. The van der Waals surface area contributed by atoms with Gasteiger partial charge in [0, 0.05) is 31.7 Å². The number of aromatic nitrogens is 3. The molecule has 29 heavy (non-hydrogen) atoms. The number of morpholine rings is 2. The second-order valence-electron chi connectivity index (χ2n) is 6.57. The van der Waals surface area contributed by atoms with E-state index in [0.717, 1.165) is 37.5 Å². The predicted molar refractivity (Wildman–Crippen MR) is 110 cm³/mol. The molecule has 2 aliphatic rings. The average molecular weight is 399 g/mol. The Morgan fingerprint density at radius 1 is 0.931 bits per heavy atom. The lowest BCUT2D eigenvalue weighted by atomic mass is 10.2. The fourth-order valence-electron chi connectivity index (χ4n) is 3.15. The van der Waals surface area contributed by atoms with E-state index in [2.05, 4.69) is 35.3 Å². The van der Waals surface area contributed by atoms with Crippen LogP contribution in [0, 0.1) is 0 Å². The van der Waals surface area contributed by atoms with Gasteiger partial charge in [0.2, 0.25) is 17.8 Å². The van der Waals surface area contributed by atoms with Crippen molar-refractivity contribution in [3.05, 3.63) is 29.8 Å². The Bertz CT molecular complexity index is 800. The Balaban J connectivity index is 1.56. The third-order valence-corrected chi connectivity index (χ3v) is 4.71. The number of rotatable bonds is 6. The van der Waals surface area contributed by atoms with Gasteiger partial charge in [0.25, 0.3) is 0 Å². The number of benzene rings is 1. The zero-order valence-electron chi connectivity index (χ0n) is 16.5. The minimum absolute atomic E-state index is 0.397. The van der Waals surface area contributed by atoms with Crippen LogP contribution in [0.1, 0.15) is 5.56 Å². The molecule has 3 heterocycles. The third kappa shape index (κ3) is 4.90. The average Bonchev–Trinajstić information content (AvgIpc) is 2.80. The van der Waals surface area contributed by atoms with E-state index in [1.54, 1.807) is 13.3 Å². The maximum atomic E-state index is 5.44. The highest BCUT2D eigenvalue weighted by molar-refractivity contribution is 5.83. The Hall–Kier alpha value is -2.98. The minimum atomic E-state index is 0.397. The summed E-state index contributed by atoms with van der Waals surface area (Å²) in [5.74, 6) is 2.39. The maximum Gasteiger partial charge on any atom is 0.250 e. The van der Waals surface area contributed by atoms with E-state index >= 15 is 0 Å². The van der Waals surface area contributed by atoms with E-state index < -0.39 is 0 Å². The summed E-state index contributed by atoms with van der Waals surface area (Å²) in [7, 11) is 1.63. The van der Waals surface area contributed by atoms with Crippen LogP contribution >= 0.6 is 0 Å². The van der Waals surface area contributed by atoms with Crippen LogP contribution in [0.15, 0.2) is 29.4 Å². The van der Waals surface area contributed by atoms with E-state index in [-0.39, 0.29) is 0 Å². The quantitative estimate of drug-likeness (QED) is 0.563. The monoisotopic (exact) mass is 399 g/mol. The molecule has 2 saturated heterocycles. The molecular weight excluding hydrogens is 374 g/mol. The molecule has 2 aliphatic heterocycles. The van der Waals surface area contributed by atoms with Gasteiger partial charge in [-0.25, -0.2) is 5.43 Å².